The number of para-hydroxylation sites is 1. The molecule has 0 radical (unpaired) electrons. The normalized spacial score (nSPS) is 14.6. The summed E-state index contributed by atoms with van der Waals surface area (Å²) in [4.78, 5) is 4.63. The average Bonchev–Trinajstić information content (AvgIpc) is 2.29. The van der Waals surface area contributed by atoms with Crippen LogP contribution < -0.4 is 0 Å². The number of rotatable bonds is 3. The van der Waals surface area contributed by atoms with Gasteiger partial charge in [0, 0.05) is 11.5 Å². The maximum absolute atomic E-state index is 4.63. The van der Waals surface area contributed by atoms with E-state index in [1.807, 2.05) is 29.6 Å². The maximum atomic E-state index is 4.63. The first-order valence-corrected chi connectivity index (χ1v) is 7.53. The Hall–Kier alpha value is -0.0600. The molecule has 2 rings (SSSR count). The minimum Gasteiger partial charge on any atom is -0.235 e. The van der Waals surface area contributed by atoms with Crippen molar-refractivity contribution in [1.29, 1.82) is 0 Å². The summed E-state index contributed by atoms with van der Waals surface area (Å²) < 4.78 is 1.20. The number of aliphatic imine (C=N–C) groups is 1. The minimum absolute atomic E-state index is 0.960. The van der Waals surface area contributed by atoms with Crippen molar-refractivity contribution in [2.24, 2.45) is 4.99 Å². The highest BCUT2D eigenvalue weighted by Crippen LogP contribution is 2.34. The number of thiol groups is 1. The van der Waals surface area contributed by atoms with Gasteiger partial charge in [0.1, 0.15) is 4.38 Å². The Morgan fingerprint density at radius 2 is 2.27 bits per heavy atom. The molecule has 1 aromatic rings. The molecule has 0 fully saturated rings. The zero-order chi connectivity index (χ0) is 10.5. The summed E-state index contributed by atoms with van der Waals surface area (Å²) in [6, 6.07) is 8.37. The van der Waals surface area contributed by atoms with E-state index in [1.165, 1.54) is 9.94 Å². The summed E-state index contributed by atoms with van der Waals surface area (Å²) in [6.45, 7) is 0. The van der Waals surface area contributed by atoms with Crippen molar-refractivity contribution in [3.8, 4) is 0 Å². The number of hydrogen-bond acceptors (Lipinski definition) is 4. The molecule has 1 nitrogen and oxygen atoms in total. The topological polar surface area (TPSA) is 12.4 Å². The van der Waals surface area contributed by atoms with Crippen LogP contribution in [0.1, 0.15) is 12.0 Å². The second-order valence-corrected chi connectivity index (χ2v) is 5.97. The van der Waals surface area contributed by atoms with Crippen LogP contribution in [0.5, 0.6) is 0 Å². The van der Waals surface area contributed by atoms with E-state index in [4.69, 9.17) is 0 Å². The fraction of sp³-hybridized carbons (Fsp3) is 0.364. The molecular weight excluding hydrogens is 242 g/mol. The fourth-order valence-electron chi connectivity index (χ4n) is 1.31. The van der Waals surface area contributed by atoms with E-state index in [2.05, 4.69) is 35.8 Å². The highest BCUT2D eigenvalue weighted by molar-refractivity contribution is 8.38. The van der Waals surface area contributed by atoms with Gasteiger partial charge < -0.3 is 0 Å². The fourth-order valence-corrected chi connectivity index (χ4v) is 3.75. The largest absolute Gasteiger partial charge is 0.235 e. The van der Waals surface area contributed by atoms with E-state index in [-0.39, 0.29) is 0 Å². The van der Waals surface area contributed by atoms with Gasteiger partial charge in [-0.25, -0.2) is 4.99 Å². The molecule has 1 aromatic carbocycles. The Kier molecular flexibility index (Phi) is 4.47. The highest BCUT2D eigenvalue weighted by atomic mass is 32.2. The van der Waals surface area contributed by atoms with Crippen LogP contribution in [0.2, 0.25) is 0 Å². The van der Waals surface area contributed by atoms with Gasteiger partial charge in [0.15, 0.2) is 0 Å². The first kappa shape index (κ1) is 11.4. The molecule has 15 heavy (non-hydrogen) atoms. The first-order valence-electron chi connectivity index (χ1n) is 4.93. The first-order chi connectivity index (χ1) is 7.40. The van der Waals surface area contributed by atoms with Gasteiger partial charge in [0.05, 0.1) is 5.69 Å². The maximum Gasteiger partial charge on any atom is 0.130 e. The standard InChI is InChI=1S/C11H13NS3/c13-6-3-7-14-11-12-10-5-2-1-4-9(10)8-15-11/h1-2,4-5,13H,3,6-8H2. The van der Waals surface area contributed by atoms with Gasteiger partial charge in [-0.1, -0.05) is 41.7 Å². The third-order valence-electron chi connectivity index (χ3n) is 2.08. The van der Waals surface area contributed by atoms with Crippen molar-refractivity contribution in [2.45, 2.75) is 12.2 Å². The quantitative estimate of drug-likeness (QED) is 0.648. The smallest absolute Gasteiger partial charge is 0.130 e. The van der Waals surface area contributed by atoms with Crippen molar-refractivity contribution >= 4 is 46.2 Å². The Balaban J connectivity index is 2.02. The van der Waals surface area contributed by atoms with Crippen LogP contribution in [0.25, 0.3) is 0 Å². The lowest BCUT2D eigenvalue weighted by Crippen LogP contribution is -1.96. The average molecular weight is 255 g/mol. The molecule has 0 unspecified atom stereocenters. The van der Waals surface area contributed by atoms with E-state index >= 15 is 0 Å². The predicted molar refractivity (Wildman–Crippen MR) is 75.8 cm³/mol. The van der Waals surface area contributed by atoms with Crippen molar-refractivity contribution < 1.29 is 0 Å². The lowest BCUT2D eigenvalue weighted by atomic mass is 10.2. The van der Waals surface area contributed by atoms with E-state index in [9.17, 15) is 0 Å². The molecular formula is C11H13NS3. The third kappa shape index (κ3) is 3.20. The molecule has 0 atom stereocenters. The van der Waals surface area contributed by atoms with Gasteiger partial charge in [-0.2, -0.15) is 12.6 Å². The summed E-state index contributed by atoms with van der Waals surface area (Å²) in [5.41, 5.74) is 2.49. The van der Waals surface area contributed by atoms with Gasteiger partial charge in [0.2, 0.25) is 0 Å². The Bertz CT molecular complexity index is 363. The summed E-state index contributed by atoms with van der Waals surface area (Å²) >= 11 is 7.90. The van der Waals surface area contributed by atoms with Crippen molar-refractivity contribution in [2.75, 3.05) is 11.5 Å². The molecule has 0 saturated carbocycles. The molecule has 0 spiro atoms. The molecule has 80 valence electrons. The van der Waals surface area contributed by atoms with Gasteiger partial charge in [0.25, 0.3) is 0 Å². The number of hydrogen-bond donors (Lipinski definition) is 1. The van der Waals surface area contributed by atoms with Gasteiger partial charge in [-0.15, -0.1) is 0 Å². The summed E-state index contributed by atoms with van der Waals surface area (Å²) in [6.07, 6.45) is 1.15. The zero-order valence-corrected chi connectivity index (χ0v) is 10.9. The van der Waals surface area contributed by atoms with E-state index < -0.39 is 0 Å². The van der Waals surface area contributed by atoms with Gasteiger partial charge in [-0.05, 0) is 23.8 Å². The van der Waals surface area contributed by atoms with Gasteiger partial charge >= 0.3 is 0 Å². The monoisotopic (exact) mass is 255 g/mol. The van der Waals surface area contributed by atoms with E-state index in [0.717, 1.165) is 29.4 Å². The molecule has 0 aliphatic carbocycles. The van der Waals surface area contributed by atoms with Crippen LogP contribution in [0.15, 0.2) is 29.3 Å². The van der Waals surface area contributed by atoms with Crippen LogP contribution in [0.3, 0.4) is 0 Å². The molecule has 0 N–H and O–H groups in total. The molecule has 4 heteroatoms. The molecule has 0 saturated heterocycles. The molecule has 0 aromatic heterocycles. The molecule has 0 amide bonds. The Morgan fingerprint density at radius 1 is 1.40 bits per heavy atom. The predicted octanol–water partition coefficient (Wildman–Crippen LogP) is 3.97. The number of thioether (sulfide) groups is 2. The second-order valence-electron chi connectivity index (χ2n) is 3.22. The number of fused-ring (bicyclic) bond motifs is 1. The zero-order valence-electron chi connectivity index (χ0n) is 8.35. The lowest BCUT2D eigenvalue weighted by Gasteiger charge is -2.13. The van der Waals surface area contributed by atoms with Crippen LogP contribution in [0.4, 0.5) is 5.69 Å². The summed E-state index contributed by atoms with van der Waals surface area (Å²) in [5, 5.41) is 0. The van der Waals surface area contributed by atoms with E-state index in [0.29, 0.717) is 0 Å². The third-order valence-corrected chi connectivity index (χ3v) is 4.73. The summed E-state index contributed by atoms with van der Waals surface area (Å²) in [7, 11) is 0. The van der Waals surface area contributed by atoms with Gasteiger partial charge in [-0.3, -0.25) is 0 Å². The molecule has 1 aliphatic rings. The lowest BCUT2D eigenvalue weighted by molar-refractivity contribution is 1.13. The molecule has 1 heterocycles. The van der Waals surface area contributed by atoms with Crippen LogP contribution >= 0.6 is 36.2 Å². The Morgan fingerprint density at radius 3 is 3.13 bits per heavy atom. The van der Waals surface area contributed by atoms with Crippen molar-refractivity contribution in [3.05, 3.63) is 29.8 Å². The minimum atomic E-state index is 0.960. The summed E-state index contributed by atoms with van der Waals surface area (Å²) in [5.74, 6) is 3.14. The van der Waals surface area contributed by atoms with Crippen molar-refractivity contribution in [1.82, 2.24) is 0 Å². The molecule has 1 aliphatic heterocycles. The highest BCUT2D eigenvalue weighted by Gasteiger charge is 2.11. The molecule has 0 bridgehead atoms. The SMILES string of the molecule is SCCCSC1=Nc2ccccc2CS1. The van der Waals surface area contributed by atoms with Crippen LogP contribution in [-0.2, 0) is 5.75 Å². The second kappa shape index (κ2) is 5.87. The number of nitrogens with zero attached hydrogens (tertiary/aromatic N) is 1. The Labute approximate surface area is 105 Å². The van der Waals surface area contributed by atoms with Crippen LogP contribution in [-0.4, -0.2) is 15.9 Å². The number of benzene rings is 1. The van der Waals surface area contributed by atoms with E-state index in [1.54, 1.807) is 0 Å². The van der Waals surface area contributed by atoms with Crippen LogP contribution in [0, 0.1) is 0 Å². The van der Waals surface area contributed by atoms with Crippen molar-refractivity contribution in [3.63, 3.8) is 0 Å².